The summed E-state index contributed by atoms with van der Waals surface area (Å²) in [6.07, 6.45) is 3.32. The van der Waals surface area contributed by atoms with Crippen molar-refractivity contribution in [3.63, 3.8) is 0 Å². The van der Waals surface area contributed by atoms with Gasteiger partial charge in [-0.1, -0.05) is 12.1 Å². The van der Waals surface area contributed by atoms with E-state index in [1.54, 1.807) is 12.1 Å². The number of phenolic OH excluding ortho intramolecular Hbond substituents is 1. The maximum Gasteiger partial charge on any atom is 0.326 e. The fourth-order valence-electron chi connectivity index (χ4n) is 4.32. The van der Waals surface area contributed by atoms with Crippen LogP contribution in [0.4, 0.5) is 0 Å². The molecule has 0 aliphatic carbocycles. The van der Waals surface area contributed by atoms with Gasteiger partial charge in [0.15, 0.2) is 5.96 Å². The third-order valence-electron chi connectivity index (χ3n) is 6.53. The smallest absolute Gasteiger partial charge is 0.326 e. The number of nitrogens with one attached hydrogen (secondary N) is 4. The van der Waals surface area contributed by atoms with Crippen LogP contribution in [0.25, 0.3) is 0 Å². The fourth-order valence-corrected chi connectivity index (χ4v) is 4.32. The Morgan fingerprint density at radius 1 is 0.950 bits per heavy atom. The van der Waals surface area contributed by atoms with Crippen molar-refractivity contribution in [1.82, 2.24) is 21.3 Å². The number of carboxylic acids is 1. The molecule has 3 amide bonds. The molecular formula is C26H42N8O6. The Labute approximate surface area is 233 Å². The van der Waals surface area contributed by atoms with Crippen molar-refractivity contribution in [1.29, 1.82) is 0 Å². The summed E-state index contributed by atoms with van der Waals surface area (Å²) in [5, 5.41) is 30.3. The molecule has 222 valence electrons. The first-order valence-electron chi connectivity index (χ1n) is 13.5. The molecule has 1 aromatic carbocycles. The minimum absolute atomic E-state index is 0.0619. The molecule has 1 aliphatic rings. The normalized spacial score (nSPS) is 16.8. The van der Waals surface area contributed by atoms with Crippen LogP contribution in [0.3, 0.4) is 0 Å². The van der Waals surface area contributed by atoms with Crippen LogP contribution in [0.1, 0.15) is 50.5 Å². The maximum absolute atomic E-state index is 13.5. The van der Waals surface area contributed by atoms with Crippen molar-refractivity contribution in [3.8, 4) is 5.75 Å². The van der Waals surface area contributed by atoms with Crippen molar-refractivity contribution >= 4 is 29.7 Å². The molecule has 14 heteroatoms. The van der Waals surface area contributed by atoms with Gasteiger partial charge in [0.05, 0.1) is 6.04 Å². The molecule has 14 nitrogen and oxygen atoms in total. The minimum Gasteiger partial charge on any atom is -0.508 e. The van der Waals surface area contributed by atoms with E-state index in [2.05, 4.69) is 26.3 Å². The topological polar surface area (TPSA) is 247 Å². The van der Waals surface area contributed by atoms with Gasteiger partial charge in [0.2, 0.25) is 17.7 Å². The van der Waals surface area contributed by atoms with Crippen molar-refractivity contribution in [2.75, 3.05) is 19.6 Å². The summed E-state index contributed by atoms with van der Waals surface area (Å²) >= 11 is 0. The molecule has 0 radical (unpaired) electrons. The van der Waals surface area contributed by atoms with Crippen LogP contribution >= 0.6 is 0 Å². The van der Waals surface area contributed by atoms with Gasteiger partial charge in [0.1, 0.15) is 23.9 Å². The van der Waals surface area contributed by atoms with Gasteiger partial charge >= 0.3 is 5.97 Å². The predicted octanol–water partition coefficient (Wildman–Crippen LogP) is -1.59. The Bertz CT molecular complexity index is 1010. The molecule has 40 heavy (non-hydrogen) atoms. The molecular weight excluding hydrogens is 520 g/mol. The number of amides is 3. The third-order valence-corrected chi connectivity index (χ3v) is 6.53. The minimum atomic E-state index is -1.23. The number of hydrogen-bond acceptors (Lipinski definition) is 8. The average molecular weight is 563 g/mol. The van der Waals surface area contributed by atoms with E-state index in [9.17, 15) is 29.4 Å². The van der Waals surface area contributed by atoms with Crippen LogP contribution < -0.4 is 38.5 Å². The van der Waals surface area contributed by atoms with E-state index in [-0.39, 0.29) is 43.4 Å². The number of benzene rings is 1. The molecule has 2 rings (SSSR count). The average Bonchev–Trinajstić information content (AvgIpc) is 3.45. The molecule has 1 aliphatic heterocycles. The zero-order valence-electron chi connectivity index (χ0n) is 22.6. The standard InChI is InChI=1S/C26H42N8O6/c27-12-2-1-5-19(23(37)33-20(25(39)40)7-4-14-31-26(28)29)32-24(38)21(15-16-8-10-17(35)11-9-16)34-22(36)18-6-3-13-30-18/h8-11,18-21,30,35H,1-7,12-15,27H2,(H,32,38)(H,33,37)(H,34,36)(H,39,40)(H4,28,29,31). The highest BCUT2D eigenvalue weighted by atomic mass is 16.4. The fraction of sp³-hybridized carbons (Fsp3) is 0.577. The van der Waals surface area contributed by atoms with Gasteiger partial charge in [-0.25, -0.2) is 4.79 Å². The number of rotatable bonds is 17. The summed E-state index contributed by atoms with van der Waals surface area (Å²) in [4.78, 5) is 55.1. The molecule has 4 unspecified atom stereocenters. The zero-order valence-corrected chi connectivity index (χ0v) is 22.6. The van der Waals surface area contributed by atoms with Gasteiger partial charge in [0, 0.05) is 13.0 Å². The lowest BCUT2D eigenvalue weighted by Gasteiger charge is -2.25. The second-order valence-corrected chi connectivity index (χ2v) is 9.77. The molecule has 0 aromatic heterocycles. The van der Waals surface area contributed by atoms with Gasteiger partial charge in [0.25, 0.3) is 0 Å². The summed E-state index contributed by atoms with van der Waals surface area (Å²) in [6.45, 7) is 1.29. The molecule has 1 aromatic rings. The van der Waals surface area contributed by atoms with E-state index in [0.29, 0.717) is 44.3 Å². The molecule has 0 bridgehead atoms. The lowest BCUT2D eigenvalue weighted by atomic mass is 10.0. The maximum atomic E-state index is 13.5. The van der Waals surface area contributed by atoms with Crippen LogP contribution in [-0.2, 0) is 25.6 Å². The number of nitrogens with two attached hydrogens (primary N) is 3. The number of phenols is 1. The highest BCUT2D eigenvalue weighted by molar-refractivity contribution is 5.94. The Hall–Kier alpha value is -3.91. The number of nitrogens with zero attached hydrogens (tertiary/aromatic N) is 1. The van der Waals surface area contributed by atoms with Crippen molar-refractivity contribution in [3.05, 3.63) is 29.8 Å². The number of hydrogen-bond donors (Lipinski definition) is 9. The number of aromatic hydroxyl groups is 1. The number of carbonyl (C=O) groups is 4. The molecule has 4 atom stereocenters. The lowest BCUT2D eigenvalue weighted by Crippen LogP contribution is -2.57. The van der Waals surface area contributed by atoms with E-state index in [1.165, 1.54) is 12.1 Å². The Balaban J connectivity index is 2.16. The monoisotopic (exact) mass is 562 g/mol. The van der Waals surface area contributed by atoms with Gasteiger partial charge in [-0.05, 0) is 75.7 Å². The number of unbranched alkanes of at least 4 members (excludes halogenated alkanes) is 1. The molecule has 0 saturated carbocycles. The summed E-state index contributed by atoms with van der Waals surface area (Å²) in [5.41, 5.74) is 16.9. The third kappa shape index (κ3) is 11.5. The lowest BCUT2D eigenvalue weighted by molar-refractivity contribution is -0.142. The van der Waals surface area contributed by atoms with Crippen molar-refractivity contribution < 1.29 is 29.4 Å². The first-order chi connectivity index (χ1) is 19.1. The number of carboxylic acid groups (broad SMARTS) is 1. The molecule has 12 N–H and O–H groups in total. The summed E-state index contributed by atoms with van der Waals surface area (Å²) in [7, 11) is 0. The van der Waals surface area contributed by atoms with Gasteiger partial charge < -0.3 is 48.7 Å². The van der Waals surface area contributed by atoms with Crippen LogP contribution in [-0.4, -0.2) is 83.7 Å². The SMILES string of the molecule is NCCCCC(NC(=O)C(Cc1ccc(O)cc1)NC(=O)C1CCCN1)C(=O)NC(CCCN=C(N)N)C(=O)O. The highest BCUT2D eigenvalue weighted by Crippen LogP contribution is 2.13. The molecule has 1 heterocycles. The second-order valence-electron chi connectivity index (χ2n) is 9.77. The van der Waals surface area contributed by atoms with E-state index < -0.39 is 42.0 Å². The van der Waals surface area contributed by atoms with Crippen LogP contribution in [0, 0.1) is 0 Å². The van der Waals surface area contributed by atoms with E-state index in [0.717, 1.165) is 6.42 Å². The molecule has 1 fully saturated rings. The summed E-state index contributed by atoms with van der Waals surface area (Å²) in [6, 6.07) is 2.54. The number of aliphatic carboxylic acids is 1. The molecule has 0 spiro atoms. The van der Waals surface area contributed by atoms with Gasteiger partial charge in [-0.2, -0.15) is 0 Å². The Morgan fingerprint density at radius 2 is 1.60 bits per heavy atom. The first-order valence-corrected chi connectivity index (χ1v) is 13.5. The first kappa shape index (κ1) is 32.3. The van der Waals surface area contributed by atoms with Crippen LogP contribution in [0.5, 0.6) is 5.75 Å². The van der Waals surface area contributed by atoms with Crippen molar-refractivity contribution in [2.24, 2.45) is 22.2 Å². The largest absolute Gasteiger partial charge is 0.508 e. The molecule has 1 saturated heterocycles. The second kappa shape index (κ2) is 16.9. The van der Waals surface area contributed by atoms with Gasteiger partial charge in [-0.15, -0.1) is 0 Å². The summed E-state index contributed by atoms with van der Waals surface area (Å²) < 4.78 is 0. The summed E-state index contributed by atoms with van der Waals surface area (Å²) in [5.74, 6) is -2.86. The number of guanidine groups is 1. The van der Waals surface area contributed by atoms with E-state index >= 15 is 0 Å². The Morgan fingerprint density at radius 3 is 2.20 bits per heavy atom. The van der Waals surface area contributed by atoms with Crippen LogP contribution in [0.2, 0.25) is 0 Å². The van der Waals surface area contributed by atoms with E-state index in [4.69, 9.17) is 17.2 Å². The van der Waals surface area contributed by atoms with Gasteiger partial charge in [-0.3, -0.25) is 19.4 Å². The Kier molecular flexibility index (Phi) is 13.7. The zero-order chi connectivity index (χ0) is 29.5. The number of carbonyl (C=O) groups excluding carboxylic acids is 3. The predicted molar refractivity (Wildman–Crippen MR) is 149 cm³/mol. The van der Waals surface area contributed by atoms with Crippen LogP contribution in [0.15, 0.2) is 29.3 Å². The highest BCUT2D eigenvalue weighted by Gasteiger charge is 2.31. The van der Waals surface area contributed by atoms with E-state index in [1.807, 2.05) is 0 Å². The van der Waals surface area contributed by atoms with Crippen molar-refractivity contribution in [2.45, 2.75) is 75.5 Å². The number of aliphatic imine (C=N–C) groups is 1. The quantitative estimate of drug-likeness (QED) is 0.0598.